The Labute approximate surface area is 179 Å². The fraction of sp³-hybridized carbons (Fsp3) is 0.435. The zero-order chi connectivity index (χ0) is 21.7. The summed E-state index contributed by atoms with van der Waals surface area (Å²) in [4.78, 5) is 14.7. The van der Waals surface area contributed by atoms with Gasteiger partial charge in [-0.3, -0.25) is 9.10 Å². The van der Waals surface area contributed by atoms with Crippen LogP contribution in [-0.2, 0) is 21.2 Å². The van der Waals surface area contributed by atoms with Crippen LogP contribution in [0, 0.1) is 5.92 Å². The Hall–Kier alpha value is -2.54. The van der Waals surface area contributed by atoms with Crippen LogP contribution < -0.4 is 9.04 Å². The lowest BCUT2D eigenvalue weighted by atomic mass is 9.90. The molecule has 0 unspecified atom stereocenters. The van der Waals surface area contributed by atoms with E-state index in [9.17, 15) is 13.2 Å². The summed E-state index contributed by atoms with van der Waals surface area (Å²) in [5.74, 6) is 1.14. The van der Waals surface area contributed by atoms with Gasteiger partial charge in [0.1, 0.15) is 5.75 Å². The molecule has 1 amide bonds. The van der Waals surface area contributed by atoms with Gasteiger partial charge in [-0.15, -0.1) is 0 Å². The van der Waals surface area contributed by atoms with Crippen molar-refractivity contribution in [3.8, 4) is 5.75 Å². The number of rotatable bonds is 7. The summed E-state index contributed by atoms with van der Waals surface area (Å²) >= 11 is 0. The Morgan fingerprint density at radius 1 is 1.10 bits per heavy atom. The van der Waals surface area contributed by atoms with Gasteiger partial charge in [-0.05, 0) is 61.9 Å². The van der Waals surface area contributed by atoms with Gasteiger partial charge in [-0.2, -0.15) is 0 Å². The van der Waals surface area contributed by atoms with Crippen LogP contribution in [0.25, 0.3) is 0 Å². The third kappa shape index (κ3) is 5.75. The van der Waals surface area contributed by atoms with Crippen molar-refractivity contribution < 1.29 is 17.9 Å². The number of likely N-dealkylation sites (tertiary alicyclic amines) is 1. The van der Waals surface area contributed by atoms with E-state index in [2.05, 4.69) is 24.3 Å². The molecule has 0 bridgehead atoms. The zero-order valence-electron chi connectivity index (χ0n) is 17.8. The van der Waals surface area contributed by atoms with Gasteiger partial charge < -0.3 is 9.64 Å². The Kier molecular flexibility index (Phi) is 7.02. The molecule has 1 atom stereocenters. The van der Waals surface area contributed by atoms with Crippen LogP contribution in [0.1, 0.15) is 25.3 Å². The average molecular weight is 431 g/mol. The normalized spacial score (nSPS) is 16.2. The minimum Gasteiger partial charge on any atom is -0.481 e. The van der Waals surface area contributed by atoms with Crippen molar-refractivity contribution in [1.29, 1.82) is 0 Å². The number of carbonyl (C=O) groups is 1. The molecular formula is C23H30N2O4S. The molecule has 1 aliphatic rings. The number of piperidine rings is 1. The van der Waals surface area contributed by atoms with E-state index >= 15 is 0 Å². The molecule has 0 spiro atoms. The number of amides is 1. The second-order valence-corrected chi connectivity index (χ2v) is 9.96. The topological polar surface area (TPSA) is 66.9 Å². The summed E-state index contributed by atoms with van der Waals surface area (Å²) in [7, 11) is -1.81. The quantitative estimate of drug-likeness (QED) is 0.676. The molecule has 0 radical (unpaired) electrons. The number of carbonyl (C=O) groups excluding carboxylic acids is 1. The first-order valence-corrected chi connectivity index (χ1v) is 12.1. The van der Waals surface area contributed by atoms with Crippen molar-refractivity contribution in [3.63, 3.8) is 0 Å². The van der Waals surface area contributed by atoms with Crippen LogP contribution in [0.5, 0.6) is 5.75 Å². The molecule has 1 saturated heterocycles. The Morgan fingerprint density at radius 3 is 2.27 bits per heavy atom. The number of sulfonamides is 1. The van der Waals surface area contributed by atoms with Crippen LogP contribution in [0.15, 0.2) is 54.6 Å². The van der Waals surface area contributed by atoms with Crippen LogP contribution in [-0.4, -0.2) is 51.7 Å². The van der Waals surface area contributed by atoms with Crippen molar-refractivity contribution in [2.24, 2.45) is 5.92 Å². The number of hydrogen-bond acceptors (Lipinski definition) is 4. The Balaban J connectivity index is 1.50. The summed E-state index contributed by atoms with van der Waals surface area (Å²) < 4.78 is 30.3. The number of benzene rings is 2. The second-order valence-electron chi connectivity index (χ2n) is 7.94. The molecule has 1 fully saturated rings. The van der Waals surface area contributed by atoms with E-state index in [0.717, 1.165) is 38.6 Å². The maximum Gasteiger partial charge on any atom is 0.263 e. The maximum atomic E-state index is 12.8. The van der Waals surface area contributed by atoms with Crippen molar-refractivity contribution in [1.82, 2.24) is 4.90 Å². The number of hydrogen-bond donors (Lipinski definition) is 0. The monoisotopic (exact) mass is 430 g/mol. The zero-order valence-corrected chi connectivity index (χ0v) is 18.6. The summed E-state index contributed by atoms with van der Waals surface area (Å²) in [5.41, 5.74) is 1.90. The second kappa shape index (κ2) is 9.51. The molecule has 0 aromatic heterocycles. The van der Waals surface area contributed by atoms with E-state index in [1.807, 2.05) is 11.0 Å². The first-order chi connectivity index (χ1) is 14.2. The third-order valence-corrected chi connectivity index (χ3v) is 6.86. The molecule has 2 aromatic carbocycles. The van der Waals surface area contributed by atoms with Gasteiger partial charge in [0, 0.05) is 20.1 Å². The average Bonchev–Trinajstić information content (AvgIpc) is 2.74. The van der Waals surface area contributed by atoms with Crippen LogP contribution in [0.4, 0.5) is 5.69 Å². The molecule has 1 heterocycles. The molecule has 7 heteroatoms. The Bertz CT molecular complexity index is 937. The molecule has 1 aliphatic heterocycles. The number of nitrogens with zero attached hydrogens (tertiary/aromatic N) is 2. The van der Waals surface area contributed by atoms with Gasteiger partial charge in [-0.1, -0.05) is 30.3 Å². The van der Waals surface area contributed by atoms with Gasteiger partial charge in [-0.25, -0.2) is 8.42 Å². The molecule has 30 heavy (non-hydrogen) atoms. The van der Waals surface area contributed by atoms with Crippen molar-refractivity contribution in [2.75, 3.05) is 30.7 Å². The lowest BCUT2D eigenvalue weighted by molar-refractivity contribution is -0.139. The molecule has 0 saturated carbocycles. The lowest BCUT2D eigenvalue weighted by Crippen LogP contribution is -2.45. The summed E-state index contributed by atoms with van der Waals surface area (Å²) in [6.07, 6.45) is 3.62. The predicted molar refractivity (Wildman–Crippen MR) is 119 cm³/mol. The van der Waals surface area contributed by atoms with Gasteiger partial charge in [0.05, 0.1) is 11.9 Å². The molecule has 162 valence electrons. The van der Waals surface area contributed by atoms with Crippen LogP contribution >= 0.6 is 0 Å². The van der Waals surface area contributed by atoms with Gasteiger partial charge in [0.15, 0.2) is 6.10 Å². The van der Waals surface area contributed by atoms with Crippen LogP contribution in [0.3, 0.4) is 0 Å². The van der Waals surface area contributed by atoms with Crippen molar-refractivity contribution in [2.45, 2.75) is 32.3 Å². The van der Waals surface area contributed by atoms with Gasteiger partial charge in [0.2, 0.25) is 10.0 Å². The van der Waals surface area contributed by atoms with E-state index in [1.165, 1.54) is 16.9 Å². The van der Waals surface area contributed by atoms with E-state index < -0.39 is 16.1 Å². The van der Waals surface area contributed by atoms with E-state index in [4.69, 9.17) is 4.74 Å². The SMILES string of the molecule is C[C@H](Oc1ccc(N(C)S(C)(=O)=O)cc1)C(=O)N1CCC(Cc2ccccc2)CC1. The minimum absolute atomic E-state index is 0.00880. The molecule has 0 aliphatic carbocycles. The third-order valence-electron chi connectivity index (χ3n) is 5.65. The highest BCUT2D eigenvalue weighted by Crippen LogP contribution is 2.24. The summed E-state index contributed by atoms with van der Waals surface area (Å²) in [5, 5.41) is 0. The maximum absolute atomic E-state index is 12.8. The first kappa shape index (κ1) is 22.2. The molecular weight excluding hydrogens is 400 g/mol. The highest BCUT2D eigenvalue weighted by atomic mass is 32.2. The first-order valence-electron chi connectivity index (χ1n) is 10.3. The summed E-state index contributed by atoms with van der Waals surface area (Å²) in [6.45, 7) is 3.26. The smallest absolute Gasteiger partial charge is 0.263 e. The predicted octanol–water partition coefficient (Wildman–Crippen LogP) is 3.33. The van der Waals surface area contributed by atoms with E-state index in [0.29, 0.717) is 17.4 Å². The Morgan fingerprint density at radius 2 is 1.70 bits per heavy atom. The largest absolute Gasteiger partial charge is 0.481 e. The van der Waals surface area contributed by atoms with E-state index in [-0.39, 0.29) is 5.91 Å². The summed E-state index contributed by atoms with van der Waals surface area (Å²) in [6, 6.07) is 17.2. The van der Waals surface area contributed by atoms with Gasteiger partial charge in [0.25, 0.3) is 5.91 Å². The van der Waals surface area contributed by atoms with Gasteiger partial charge >= 0.3 is 0 Å². The minimum atomic E-state index is -3.31. The molecule has 2 aromatic rings. The molecule has 3 rings (SSSR count). The lowest BCUT2D eigenvalue weighted by Gasteiger charge is -2.33. The number of anilines is 1. The number of ether oxygens (including phenoxy) is 1. The van der Waals surface area contributed by atoms with Crippen molar-refractivity contribution >= 4 is 21.6 Å². The highest BCUT2D eigenvalue weighted by molar-refractivity contribution is 7.92. The molecule has 6 nitrogen and oxygen atoms in total. The fourth-order valence-electron chi connectivity index (χ4n) is 3.74. The van der Waals surface area contributed by atoms with E-state index in [1.54, 1.807) is 31.2 Å². The van der Waals surface area contributed by atoms with Crippen LogP contribution in [0.2, 0.25) is 0 Å². The standard InChI is InChI=1S/C23H30N2O4S/c1-18(29-22-11-9-21(10-12-22)24(2)30(3,27)28)23(26)25-15-13-20(14-16-25)17-19-7-5-4-6-8-19/h4-12,18,20H,13-17H2,1-3H3/t18-/m0/s1. The molecule has 0 N–H and O–H groups in total. The fourth-order valence-corrected chi connectivity index (χ4v) is 4.25. The van der Waals surface area contributed by atoms with Crippen molar-refractivity contribution in [3.05, 3.63) is 60.2 Å². The highest BCUT2D eigenvalue weighted by Gasteiger charge is 2.27.